The van der Waals surface area contributed by atoms with Gasteiger partial charge in [-0.2, -0.15) is 21.6 Å². The van der Waals surface area contributed by atoms with Gasteiger partial charge in [-0.25, -0.2) is 0 Å². The number of hydrogen-bond donors (Lipinski definition) is 1. The summed E-state index contributed by atoms with van der Waals surface area (Å²) in [6, 6.07) is 0. The van der Waals surface area contributed by atoms with E-state index in [1.54, 1.807) is 0 Å². The summed E-state index contributed by atoms with van der Waals surface area (Å²) in [6.07, 6.45) is -5.18. The molecule has 1 rings (SSSR count). The molecule has 1 N–H and O–H groups in total. The molecule has 0 heterocycles. The van der Waals surface area contributed by atoms with Crippen LogP contribution >= 0.6 is 0 Å². The van der Waals surface area contributed by atoms with Gasteiger partial charge in [0.05, 0.1) is 5.75 Å². The molecular weight excluding hydrogens is 249 g/mol. The molecule has 0 bridgehead atoms. The van der Waals surface area contributed by atoms with Crippen LogP contribution in [-0.4, -0.2) is 36.7 Å². The Morgan fingerprint density at radius 2 is 1.81 bits per heavy atom. The maximum Gasteiger partial charge on any atom is 0.419 e. The van der Waals surface area contributed by atoms with E-state index in [0.29, 0.717) is 6.92 Å². The summed E-state index contributed by atoms with van der Waals surface area (Å²) >= 11 is 0. The van der Waals surface area contributed by atoms with Gasteiger partial charge < -0.3 is 5.11 Å². The molecule has 0 aromatic rings. The van der Waals surface area contributed by atoms with Crippen molar-refractivity contribution in [3.63, 3.8) is 0 Å². The van der Waals surface area contributed by atoms with E-state index >= 15 is 0 Å². The Bertz CT molecular complexity index is 367. The van der Waals surface area contributed by atoms with Gasteiger partial charge in [-0.3, -0.25) is 4.18 Å². The number of aliphatic hydroxyl groups is 1. The average Bonchev–Trinajstić information content (AvgIpc) is 2.83. The zero-order valence-electron chi connectivity index (χ0n) is 8.84. The van der Waals surface area contributed by atoms with E-state index < -0.39 is 33.2 Å². The SMILES string of the molecule is CCS(=O)(=O)OC1(C(C)(O)C(F)(F)F)CC1. The molecule has 0 aromatic carbocycles. The van der Waals surface area contributed by atoms with E-state index in [9.17, 15) is 26.7 Å². The van der Waals surface area contributed by atoms with Crippen molar-refractivity contribution in [2.24, 2.45) is 0 Å². The highest BCUT2D eigenvalue weighted by molar-refractivity contribution is 7.86. The lowest BCUT2D eigenvalue weighted by Crippen LogP contribution is -2.55. The van der Waals surface area contributed by atoms with E-state index in [1.807, 2.05) is 0 Å². The van der Waals surface area contributed by atoms with E-state index in [-0.39, 0.29) is 12.8 Å². The van der Waals surface area contributed by atoms with Crippen molar-refractivity contribution in [2.75, 3.05) is 5.75 Å². The van der Waals surface area contributed by atoms with Crippen LogP contribution in [0.2, 0.25) is 0 Å². The highest BCUT2D eigenvalue weighted by Gasteiger charge is 2.71. The van der Waals surface area contributed by atoms with E-state index in [0.717, 1.165) is 0 Å². The Balaban J connectivity index is 2.97. The van der Waals surface area contributed by atoms with Crippen LogP contribution in [-0.2, 0) is 14.3 Å². The molecule has 0 radical (unpaired) electrons. The first kappa shape index (κ1) is 13.7. The minimum Gasteiger partial charge on any atom is -0.378 e. The fourth-order valence-corrected chi connectivity index (χ4v) is 2.26. The Morgan fingerprint density at radius 3 is 2.06 bits per heavy atom. The fourth-order valence-electron chi connectivity index (χ4n) is 1.33. The third kappa shape index (κ3) is 2.18. The van der Waals surface area contributed by atoms with Crippen molar-refractivity contribution in [3.05, 3.63) is 0 Å². The first-order chi connectivity index (χ1) is 6.97. The molecule has 0 spiro atoms. The predicted molar refractivity (Wildman–Crippen MR) is 49.2 cm³/mol. The normalized spacial score (nSPS) is 23.9. The van der Waals surface area contributed by atoms with E-state index in [2.05, 4.69) is 4.18 Å². The van der Waals surface area contributed by atoms with Gasteiger partial charge in [-0.05, 0) is 26.7 Å². The Kier molecular flexibility index (Phi) is 3.07. The molecular formula is C8H13F3O4S. The molecule has 0 aromatic heterocycles. The van der Waals surface area contributed by atoms with Crippen LogP contribution < -0.4 is 0 Å². The first-order valence-electron chi connectivity index (χ1n) is 4.70. The smallest absolute Gasteiger partial charge is 0.378 e. The number of hydrogen-bond acceptors (Lipinski definition) is 4. The Morgan fingerprint density at radius 1 is 1.38 bits per heavy atom. The number of rotatable bonds is 4. The molecule has 96 valence electrons. The maximum absolute atomic E-state index is 12.5. The molecule has 0 amide bonds. The van der Waals surface area contributed by atoms with Crippen molar-refractivity contribution in [1.29, 1.82) is 0 Å². The predicted octanol–water partition coefficient (Wildman–Crippen LogP) is 1.20. The topological polar surface area (TPSA) is 63.6 Å². The van der Waals surface area contributed by atoms with Gasteiger partial charge in [0.15, 0.2) is 5.60 Å². The zero-order chi connectivity index (χ0) is 12.8. The number of alkyl halides is 3. The van der Waals surface area contributed by atoms with Crippen molar-refractivity contribution in [1.82, 2.24) is 0 Å². The van der Waals surface area contributed by atoms with Crippen LogP contribution in [0.15, 0.2) is 0 Å². The summed E-state index contributed by atoms with van der Waals surface area (Å²) in [7, 11) is -4.02. The summed E-state index contributed by atoms with van der Waals surface area (Å²) in [5, 5.41) is 9.39. The first-order valence-corrected chi connectivity index (χ1v) is 6.27. The van der Waals surface area contributed by atoms with Crippen LogP contribution in [0, 0.1) is 0 Å². The van der Waals surface area contributed by atoms with E-state index in [1.165, 1.54) is 6.92 Å². The highest BCUT2D eigenvalue weighted by Crippen LogP contribution is 2.55. The standard InChI is InChI=1S/C8H13F3O4S/c1-3-16(13,14)15-7(4-5-7)6(2,12)8(9,10)11/h12H,3-5H2,1-2H3. The zero-order valence-corrected chi connectivity index (χ0v) is 9.65. The van der Waals surface area contributed by atoms with Gasteiger partial charge in [0.2, 0.25) is 0 Å². The van der Waals surface area contributed by atoms with Gasteiger partial charge in [0, 0.05) is 0 Å². The van der Waals surface area contributed by atoms with Gasteiger partial charge in [0.25, 0.3) is 10.1 Å². The van der Waals surface area contributed by atoms with Crippen molar-refractivity contribution in [3.8, 4) is 0 Å². The highest BCUT2D eigenvalue weighted by atomic mass is 32.2. The molecule has 0 saturated heterocycles. The lowest BCUT2D eigenvalue weighted by Gasteiger charge is -2.33. The summed E-state index contributed by atoms with van der Waals surface area (Å²) < 4.78 is 64.3. The second-order valence-corrected chi connectivity index (χ2v) is 5.85. The minimum absolute atomic E-state index is 0.126. The molecule has 1 atom stereocenters. The summed E-state index contributed by atoms with van der Waals surface area (Å²) in [6.45, 7) is 1.79. The molecule has 0 aliphatic heterocycles. The second-order valence-electron chi connectivity index (χ2n) is 3.99. The van der Waals surface area contributed by atoms with Crippen molar-refractivity contribution >= 4 is 10.1 Å². The summed E-state index contributed by atoms with van der Waals surface area (Å²) in [5.41, 5.74) is -5.19. The Labute approximate surface area is 91.5 Å². The monoisotopic (exact) mass is 262 g/mol. The van der Waals surface area contributed by atoms with Crippen molar-refractivity contribution < 1.29 is 30.9 Å². The molecule has 4 nitrogen and oxygen atoms in total. The van der Waals surface area contributed by atoms with Gasteiger partial charge >= 0.3 is 6.18 Å². The van der Waals surface area contributed by atoms with Gasteiger partial charge in [-0.1, -0.05) is 0 Å². The summed E-state index contributed by atoms with van der Waals surface area (Å²) in [5.74, 6) is -0.428. The summed E-state index contributed by atoms with van der Waals surface area (Å²) in [4.78, 5) is 0. The third-order valence-electron chi connectivity index (χ3n) is 2.78. The van der Waals surface area contributed by atoms with Crippen LogP contribution in [0.3, 0.4) is 0 Å². The molecule has 1 saturated carbocycles. The Hall–Kier alpha value is -0.340. The van der Waals surface area contributed by atoms with Crippen LogP contribution in [0.5, 0.6) is 0 Å². The van der Waals surface area contributed by atoms with Crippen LogP contribution in [0.25, 0.3) is 0 Å². The average molecular weight is 262 g/mol. The quantitative estimate of drug-likeness (QED) is 0.773. The lowest BCUT2D eigenvalue weighted by atomic mass is 9.96. The molecule has 1 aliphatic rings. The molecule has 1 unspecified atom stereocenters. The lowest BCUT2D eigenvalue weighted by molar-refractivity contribution is -0.284. The van der Waals surface area contributed by atoms with E-state index in [4.69, 9.17) is 0 Å². The maximum atomic E-state index is 12.5. The van der Waals surface area contributed by atoms with Crippen molar-refractivity contribution in [2.45, 2.75) is 44.1 Å². The van der Waals surface area contributed by atoms with Gasteiger partial charge in [0.1, 0.15) is 5.60 Å². The van der Waals surface area contributed by atoms with Crippen LogP contribution in [0.1, 0.15) is 26.7 Å². The second kappa shape index (κ2) is 3.58. The number of halogens is 3. The molecule has 8 heteroatoms. The fraction of sp³-hybridized carbons (Fsp3) is 1.00. The minimum atomic E-state index is -4.92. The largest absolute Gasteiger partial charge is 0.419 e. The molecule has 1 fully saturated rings. The van der Waals surface area contributed by atoms with Gasteiger partial charge in [-0.15, -0.1) is 0 Å². The molecule has 16 heavy (non-hydrogen) atoms. The molecule has 1 aliphatic carbocycles. The van der Waals surface area contributed by atoms with Crippen LogP contribution in [0.4, 0.5) is 13.2 Å². The third-order valence-corrected chi connectivity index (χ3v) is 4.06.